The van der Waals surface area contributed by atoms with Crippen molar-refractivity contribution in [1.29, 1.82) is 5.26 Å². The Morgan fingerprint density at radius 3 is 2.68 bits per heavy atom. The molecule has 1 aromatic carbocycles. The third-order valence-electron chi connectivity index (χ3n) is 4.20. The average molecular weight is 257 g/mol. The van der Waals surface area contributed by atoms with Crippen LogP contribution in [-0.4, -0.2) is 6.04 Å². The Kier molecular flexibility index (Phi) is 4.31. The zero-order valence-corrected chi connectivity index (χ0v) is 11.8. The molecule has 2 atom stereocenters. The highest BCUT2D eigenvalue weighted by molar-refractivity contribution is 5.62. The molecule has 3 nitrogen and oxygen atoms in total. The van der Waals surface area contributed by atoms with E-state index in [4.69, 9.17) is 11.0 Å². The van der Waals surface area contributed by atoms with E-state index in [0.29, 0.717) is 23.2 Å². The van der Waals surface area contributed by atoms with Crippen LogP contribution in [0.3, 0.4) is 0 Å². The number of nitrogens with zero attached hydrogens (tertiary/aromatic N) is 1. The molecule has 3 heteroatoms. The van der Waals surface area contributed by atoms with Crippen molar-refractivity contribution in [2.45, 2.75) is 45.6 Å². The first-order valence-electron chi connectivity index (χ1n) is 7.18. The summed E-state index contributed by atoms with van der Waals surface area (Å²) in [5.41, 5.74) is 8.02. The van der Waals surface area contributed by atoms with Crippen molar-refractivity contribution >= 4 is 11.4 Å². The lowest BCUT2D eigenvalue weighted by Crippen LogP contribution is -2.35. The van der Waals surface area contributed by atoms with Gasteiger partial charge in [0, 0.05) is 11.7 Å². The number of benzene rings is 1. The minimum Gasteiger partial charge on any atom is -0.398 e. The van der Waals surface area contributed by atoms with Crippen molar-refractivity contribution < 1.29 is 0 Å². The van der Waals surface area contributed by atoms with Crippen LogP contribution in [0.4, 0.5) is 11.4 Å². The first-order valence-corrected chi connectivity index (χ1v) is 7.18. The summed E-state index contributed by atoms with van der Waals surface area (Å²) in [7, 11) is 0. The van der Waals surface area contributed by atoms with E-state index in [2.05, 4.69) is 25.2 Å². The highest BCUT2D eigenvalue weighted by Crippen LogP contribution is 2.32. The van der Waals surface area contributed by atoms with Gasteiger partial charge in [0.25, 0.3) is 0 Å². The van der Waals surface area contributed by atoms with Crippen molar-refractivity contribution in [3.05, 3.63) is 23.8 Å². The van der Waals surface area contributed by atoms with Crippen LogP contribution in [0.15, 0.2) is 18.2 Å². The van der Waals surface area contributed by atoms with Gasteiger partial charge in [-0.25, -0.2) is 0 Å². The molecule has 3 N–H and O–H groups in total. The third-order valence-corrected chi connectivity index (χ3v) is 4.20. The number of nitriles is 1. The fourth-order valence-corrected chi connectivity index (χ4v) is 3.11. The van der Waals surface area contributed by atoms with Gasteiger partial charge in [-0.1, -0.05) is 26.7 Å². The van der Waals surface area contributed by atoms with E-state index in [-0.39, 0.29) is 0 Å². The van der Waals surface area contributed by atoms with Gasteiger partial charge in [-0.2, -0.15) is 5.26 Å². The van der Waals surface area contributed by atoms with Gasteiger partial charge in [0.15, 0.2) is 0 Å². The Balaban J connectivity index is 2.11. The maximum atomic E-state index is 8.90. The molecule has 0 heterocycles. The molecule has 1 saturated carbocycles. The van der Waals surface area contributed by atoms with Crippen LogP contribution < -0.4 is 11.1 Å². The maximum Gasteiger partial charge on any atom is 0.101 e. The monoisotopic (exact) mass is 257 g/mol. The second-order valence-corrected chi connectivity index (χ2v) is 5.86. The van der Waals surface area contributed by atoms with Gasteiger partial charge in [-0.15, -0.1) is 0 Å². The predicted octanol–water partition coefficient (Wildman–Crippen LogP) is 3.77. The largest absolute Gasteiger partial charge is 0.398 e. The minimum atomic E-state index is 0.529. The molecule has 0 radical (unpaired) electrons. The number of hydrogen-bond acceptors (Lipinski definition) is 3. The van der Waals surface area contributed by atoms with Crippen LogP contribution in [-0.2, 0) is 0 Å². The Labute approximate surface area is 115 Å². The Bertz CT molecular complexity index is 473. The van der Waals surface area contributed by atoms with E-state index in [0.717, 1.165) is 11.6 Å². The highest BCUT2D eigenvalue weighted by Gasteiger charge is 2.27. The van der Waals surface area contributed by atoms with Crippen LogP contribution in [0.2, 0.25) is 0 Å². The quantitative estimate of drug-likeness (QED) is 0.810. The summed E-state index contributed by atoms with van der Waals surface area (Å²) < 4.78 is 0. The van der Waals surface area contributed by atoms with E-state index in [1.807, 2.05) is 12.1 Å². The molecule has 1 aromatic rings. The number of nitrogens with two attached hydrogens (primary N) is 1. The van der Waals surface area contributed by atoms with E-state index < -0.39 is 0 Å². The van der Waals surface area contributed by atoms with Crippen LogP contribution >= 0.6 is 0 Å². The smallest absolute Gasteiger partial charge is 0.101 e. The first kappa shape index (κ1) is 13.7. The van der Waals surface area contributed by atoms with Gasteiger partial charge in [0.05, 0.1) is 11.3 Å². The van der Waals surface area contributed by atoms with Gasteiger partial charge in [0.1, 0.15) is 6.07 Å². The fraction of sp³-hybridized carbons (Fsp3) is 0.562. The first-order chi connectivity index (χ1) is 9.11. The molecule has 1 fully saturated rings. The molecule has 19 heavy (non-hydrogen) atoms. The molecular weight excluding hydrogens is 234 g/mol. The molecule has 0 aliphatic heterocycles. The van der Waals surface area contributed by atoms with Crippen molar-refractivity contribution in [2.24, 2.45) is 11.8 Å². The van der Waals surface area contributed by atoms with Crippen LogP contribution in [0.5, 0.6) is 0 Å². The number of anilines is 2. The van der Waals surface area contributed by atoms with Gasteiger partial charge < -0.3 is 11.1 Å². The zero-order valence-electron chi connectivity index (χ0n) is 11.8. The molecule has 2 unspecified atom stereocenters. The summed E-state index contributed by atoms with van der Waals surface area (Å²) in [6.07, 6.45) is 5.17. The van der Waals surface area contributed by atoms with E-state index in [9.17, 15) is 0 Å². The normalized spacial score (nSPS) is 23.1. The lowest BCUT2D eigenvalue weighted by atomic mass is 9.78. The molecule has 0 bridgehead atoms. The Morgan fingerprint density at radius 1 is 1.32 bits per heavy atom. The number of nitrogen functional groups attached to an aromatic ring is 1. The van der Waals surface area contributed by atoms with Crippen molar-refractivity contribution in [3.8, 4) is 6.07 Å². The lowest BCUT2D eigenvalue weighted by Gasteiger charge is -2.35. The molecule has 2 rings (SSSR count). The summed E-state index contributed by atoms with van der Waals surface area (Å²) in [5.74, 6) is 1.43. The SMILES string of the molecule is CC(C)C1CCCCC1Nc1ccc(C#N)c(N)c1. The van der Waals surface area contributed by atoms with E-state index >= 15 is 0 Å². The summed E-state index contributed by atoms with van der Waals surface area (Å²) in [4.78, 5) is 0. The van der Waals surface area contributed by atoms with Crippen LogP contribution in [0.1, 0.15) is 45.1 Å². The van der Waals surface area contributed by atoms with Crippen LogP contribution in [0.25, 0.3) is 0 Å². The maximum absolute atomic E-state index is 8.90. The van der Waals surface area contributed by atoms with E-state index in [1.54, 1.807) is 6.07 Å². The third kappa shape index (κ3) is 3.20. The molecule has 0 amide bonds. The summed E-state index contributed by atoms with van der Waals surface area (Å²) in [6.45, 7) is 4.61. The molecule has 102 valence electrons. The molecule has 1 aliphatic carbocycles. The lowest BCUT2D eigenvalue weighted by molar-refractivity contribution is 0.254. The molecule has 0 spiro atoms. The van der Waals surface area contributed by atoms with Crippen LogP contribution in [0, 0.1) is 23.2 Å². The Morgan fingerprint density at radius 2 is 2.05 bits per heavy atom. The second-order valence-electron chi connectivity index (χ2n) is 5.86. The van der Waals surface area contributed by atoms with E-state index in [1.165, 1.54) is 25.7 Å². The number of nitrogens with one attached hydrogen (secondary N) is 1. The van der Waals surface area contributed by atoms with Gasteiger partial charge in [-0.3, -0.25) is 0 Å². The zero-order chi connectivity index (χ0) is 13.8. The fourth-order valence-electron chi connectivity index (χ4n) is 3.11. The minimum absolute atomic E-state index is 0.529. The predicted molar refractivity (Wildman–Crippen MR) is 79.8 cm³/mol. The number of hydrogen-bond donors (Lipinski definition) is 2. The molecule has 0 saturated heterocycles. The summed E-state index contributed by atoms with van der Waals surface area (Å²) >= 11 is 0. The highest BCUT2D eigenvalue weighted by atomic mass is 14.9. The van der Waals surface area contributed by atoms with Crippen molar-refractivity contribution in [2.75, 3.05) is 11.1 Å². The summed E-state index contributed by atoms with van der Waals surface area (Å²) in [6, 6.07) is 8.26. The second kappa shape index (κ2) is 5.97. The number of rotatable bonds is 3. The van der Waals surface area contributed by atoms with Crippen molar-refractivity contribution in [1.82, 2.24) is 0 Å². The van der Waals surface area contributed by atoms with Gasteiger partial charge >= 0.3 is 0 Å². The Hall–Kier alpha value is -1.69. The molecule has 0 aromatic heterocycles. The topological polar surface area (TPSA) is 61.8 Å². The van der Waals surface area contributed by atoms with Gasteiger partial charge in [0.2, 0.25) is 0 Å². The average Bonchev–Trinajstić information content (AvgIpc) is 2.39. The molecule has 1 aliphatic rings. The molecular formula is C16H23N3. The van der Waals surface area contributed by atoms with Gasteiger partial charge in [-0.05, 0) is 42.9 Å². The van der Waals surface area contributed by atoms with Crippen molar-refractivity contribution in [3.63, 3.8) is 0 Å². The summed E-state index contributed by atoms with van der Waals surface area (Å²) in [5, 5.41) is 12.5. The standard InChI is InChI=1S/C16H23N3/c1-11(2)14-5-3-4-6-16(14)19-13-8-7-12(10-17)15(18)9-13/h7-9,11,14,16,19H,3-6,18H2,1-2H3.